The topological polar surface area (TPSA) is 78.4 Å². The van der Waals surface area contributed by atoms with Crippen molar-refractivity contribution in [3.05, 3.63) is 28.2 Å². The fourth-order valence-corrected chi connectivity index (χ4v) is 1.47. The molecule has 0 heterocycles. The summed E-state index contributed by atoms with van der Waals surface area (Å²) in [4.78, 5) is 22.4. The molecule has 6 heteroatoms. The number of benzene rings is 1. The molecule has 1 amide bonds. The van der Waals surface area contributed by atoms with Crippen molar-refractivity contribution in [1.29, 1.82) is 0 Å². The number of amides is 1. The fraction of sp³-hybridized carbons (Fsp3) is 0.273. The van der Waals surface area contributed by atoms with Gasteiger partial charge in [-0.1, -0.05) is 0 Å². The Labute approximate surface area is 107 Å². The van der Waals surface area contributed by atoms with Crippen LogP contribution in [0, 0.1) is 0 Å². The first kappa shape index (κ1) is 13.7. The number of hydrogen-bond acceptors (Lipinski definition) is 3. The maximum Gasteiger partial charge on any atom is 0.335 e. The molecule has 0 aliphatic heterocycles. The molecule has 0 saturated heterocycles. The van der Waals surface area contributed by atoms with E-state index in [0.717, 1.165) is 0 Å². The summed E-state index contributed by atoms with van der Waals surface area (Å²) in [7, 11) is 1.67. The molecule has 5 nitrogen and oxygen atoms in total. The molecule has 0 aliphatic carbocycles. The van der Waals surface area contributed by atoms with Crippen LogP contribution in [0.2, 0.25) is 0 Å². The van der Waals surface area contributed by atoms with Gasteiger partial charge >= 0.3 is 5.97 Å². The van der Waals surface area contributed by atoms with Gasteiger partial charge in [0.1, 0.15) is 0 Å². The van der Waals surface area contributed by atoms with Crippen LogP contribution in [0.1, 0.15) is 17.3 Å². The second-order valence-corrected chi connectivity index (χ2v) is 4.35. The second kappa shape index (κ2) is 5.79. The maximum absolute atomic E-state index is 11.6. The molecule has 1 aromatic carbocycles. The Bertz CT molecular complexity index is 448. The van der Waals surface area contributed by atoms with Crippen molar-refractivity contribution in [3.8, 4) is 0 Å². The van der Waals surface area contributed by atoms with Crippen LogP contribution in [0.5, 0.6) is 0 Å². The molecule has 92 valence electrons. The lowest BCUT2D eigenvalue weighted by molar-refractivity contribution is -0.117. The summed E-state index contributed by atoms with van der Waals surface area (Å²) in [6.45, 7) is 1.71. The molecule has 0 saturated carbocycles. The van der Waals surface area contributed by atoms with E-state index in [0.29, 0.717) is 10.2 Å². The average Bonchev–Trinajstić information content (AvgIpc) is 2.30. The Kier molecular flexibility index (Phi) is 4.65. The van der Waals surface area contributed by atoms with Gasteiger partial charge in [-0.3, -0.25) is 4.79 Å². The lowest BCUT2D eigenvalue weighted by Crippen LogP contribution is -2.35. The van der Waals surface area contributed by atoms with E-state index in [1.807, 2.05) is 0 Å². The van der Waals surface area contributed by atoms with Gasteiger partial charge in [-0.15, -0.1) is 0 Å². The number of anilines is 1. The van der Waals surface area contributed by atoms with E-state index in [4.69, 9.17) is 5.11 Å². The average molecular weight is 301 g/mol. The Morgan fingerprint density at radius 3 is 2.59 bits per heavy atom. The number of carbonyl (C=O) groups excluding carboxylic acids is 1. The largest absolute Gasteiger partial charge is 0.478 e. The first-order chi connectivity index (χ1) is 7.95. The SMILES string of the molecule is CNC(C)C(=O)Nc1cc(C(=O)O)ccc1Br. The molecule has 0 bridgehead atoms. The lowest BCUT2D eigenvalue weighted by atomic mass is 10.2. The molecule has 3 N–H and O–H groups in total. The summed E-state index contributed by atoms with van der Waals surface area (Å²) in [6.07, 6.45) is 0. The van der Waals surface area contributed by atoms with Gasteiger partial charge in [0.2, 0.25) is 5.91 Å². The minimum atomic E-state index is -1.03. The Balaban J connectivity index is 2.94. The summed E-state index contributed by atoms with van der Waals surface area (Å²) in [5.74, 6) is -1.26. The van der Waals surface area contributed by atoms with Crippen molar-refractivity contribution in [2.45, 2.75) is 13.0 Å². The molecule has 1 rings (SSSR count). The van der Waals surface area contributed by atoms with Crippen molar-refractivity contribution < 1.29 is 14.7 Å². The van der Waals surface area contributed by atoms with E-state index in [9.17, 15) is 9.59 Å². The lowest BCUT2D eigenvalue weighted by Gasteiger charge is -2.12. The molecule has 0 fully saturated rings. The Morgan fingerprint density at radius 1 is 1.41 bits per heavy atom. The van der Waals surface area contributed by atoms with E-state index in [1.54, 1.807) is 20.0 Å². The minimum Gasteiger partial charge on any atom is -0.478 e. The maximum atomic E-state index is 11.6. The molecule has 0 aliphatic rings. The number of carboxylic acid groups (broad SMARTS) is 1. The van der Waals surface area contributed by atoms with Crippen molar-refractivity contribution >= 4 is 33.5 Å². The highest BCUT2D eigenvalue weighted by Crippen LogP contribution is 2.23. The normalized spacial score (nSPS) is 11.9. The standard InChI is InChI=1S/C11H13BrN2O3/c1-6(13-2)10(15)14-9-5-7(11(16)17)3-4-8(9)12/h3-6,13H,1-2H3,(H,14,15)(H,16,17). The van der Waals surface area contributed by atoms with E-state index < -0.39 is 5.97 Å². The van der Waals surface area contributed by atoms with E-state index in [-0.39, 0.29) is 17.5 Å². The number of halogens is 1. The highest BCUT2D eigenvalue weighted by Gasteiger charge is 2.13. The zero-order valence-electron chi connectivity index (χ0n) is 9.45. The van der Waals surface area contributed by atoms with Gasteiger partial charge in [-0.05, 0) is 48.1 Å². The van der Waals surface area contributed by atoms with Crippen LogP contribution < -0.4 is 10.6 Å². The smallest absolute Gasteiger partial charge is 0.335 e. The van der Waals surface area contributed by atoms with Crippen molar-refractivity contribution in [2.24, 2.45) is 0 Å². The van der Waals surface area contributed by atoms with E-state index >= 15 is 0 Å². The summed E-state index contributed by atoms with van der Waals surface area (Å²) in [5.41, 5.74) is 0.567. The van der Waals surface area contributed by atoms with Crippen molar-refractivity contribution in [3.63, 3.8) is 0 Å². The van der Waals surface area contributed by atoms with Crippen LogP contribution in [-0.4, -0.2) is 30.1 Å². The molecule has 0 radical (unpaired) electrons. The Morgan fingerprint density at radius 2 is 2.06 bits per heavy atom. The third kappa shape index (κ3) is 3.54. The van der Waals surface area contributed by atoms with Crippen LogP contribution in [0.25, 0.3) is 0 Å². The molecule has 1 aromatic rings. The summed E-state index contributed by atoms with van der Waals surface area (Å²) >= 11 is 3.25. The number of likely N-dealkylation sites (N-methyl/N-ethyl adjacent to an activating group) is 1. The first-order valence-corrected chi connectivity index (χ1v) is 5.76. The number of nitrogens with one attached hydrogen (secondary N) is 2. The number of carbonyl (C=O) groups is 2. The van der Waals surface area contributed by atoms with Crippen LogP contribution in [0.15, 0.2) is 22.7 Å². The van der Waals surface area contributed by atoms with Crippen LogP contribution in [-0.2, 0) is 4.79 Å². The predicted molar refractivity (Wildman–Crippen MR) is 68.3 cm³/mol. The minimum absolute atomic E-state index is 0.126. The highest BCUT2D eigenvalue weighted by molar-refractivity contribution is 9.10. The van der Waals surface area contributed by atoms with Crippen molar-refractivity contribution in [1.82, 2.24) is 5.32 Å². The van der Waals surface area contributed by atoms with E-state index in [2.05, 4.69) is 26.6 Å². The van der Waals surface area contributed by atoms with E-state index in [1.165, 1.54) is 12.1 Å². The van der Waals surface area contributed by atoms with Gasteiger partial charge in [-0.25, -0.2) is 4.79 Å². The zero-order valence-corrected chi connectivity index (χ0v) is 11.0. The molecular weight excluding hydrogens is 288 g/mol. The molecule has 1 atom stereocenters. The molecule has 0 aromatic heterocycles. The van der Waals surface area contributed by atoms with Crippen molar-refractivity contribution in [2.75, 3.05) is 12.4 Å². The summed E-state index contributed by atoms with van der Waals surface area (Å²) in [5, 5.41) is 14.3. The molecule has 1 unspecified atom stereocenters. The van der Waals surface area contributed by atoms with Gasteiger partial charge in [0.15, 0.2) is 0 Å². The number of aromatic carboxylic acids is 1. The quantitative estimate of drug-likeness (QED) is 0.791. The van der Waals surface area contributed by atoms with Gasteiger partial charge < -0.3 is 15.7 Å². The molecule has 0 spiro atoms. The fourth-order valence-electron chi connectivity index (χ4n) is 1.13. The Hall–Kier alpha value is -1.40. The number of rotatable bonds is 4. The summed E-state index contributed by atoms with van der Waals surface area (Å²) < 4.78 is 0.638. The predicted octanol–water partition coefficient (Wildman–Crippen LogP) is 1.69. The number of carboxylic acids is 1. The summed E-state index contributed by atoms with van der Waals surface area (Å²) in [6, 6.07) is 4.11. The highest BCUT2D eigenvalue weighted by atomic mass is 79.9. The van der Waals surface area contributed by atoms with Crippen LogP contribution >= 0.6 is 15.9 Å². The molecular formula is C11H13BrN2O3. The number of hydrogen-bond donors (Lipinski definition) is 3. The molecule has 17 heavy (non-hydrogen) atoms. The van der Waals surface area contributed by atoms with Gasteiger partial charge in [0.25, 0.3) is 0 Å². The second-order valence-electron chi connectivity index (χ2n) is 3.50. The van der Waals surface area contributed by atoms with Gasteiger partial charge in [0.05, 0.1) is 17.3 Å². The van der Waals surface area contributed by atoms with Gasteiger partial charge in [0, 0.05) is 4.47 Å². The monoisotopic (exact) mass is 300 g/mol. The van der Waals surface area contributed by atoms with Gasteiger partial charge in [-0.2, -0.15) is 0 Å². The third-order valence-electron chi connectivity index (χ3n) is 2.30. The first-order valence-electron chi connectivity index (χ1n) is 4.96. The van der Waals surface area contributed by atoms with Crippen LogP contribution in [0.4, 0.5) is 5.69 Å². The van der Waals surface area contributed by atoms with Crippen LogP contribution in [0.3, 0.4) is 0 Å². The zero-order chi connectivity index (χ0) is 13.0. The third-order valence-corrected chi connectivity index (χ3v) is 2.99.